The third-order valence-corrected chi connectivity index (χ3v) is 4.98. The molecule has 1 aliphatic heterocycles. The molecule has 2 aromatic rings. The van der Waals surface area contributed by atoms with Gasteiger partial charge in [-0.3, -0.25) is 0 Å². The van der Waals surface area contributed by atoms with Crippen LogP contribution in [0.3, 0.4) is 0 Å². The molecule has 1 aliphatic carbocycles. The van der Waals surface area contributed by atoms with E-state index in [0.717, 1.165) is 24.1 Å². The molecule has 1 aromatic heterocycles. The molecule has 2 atom stereocenters. The third kappa shape index (κ3) is 2.20. The molecule has 4 rings (SSSR count). The van der Waals surface area contributed by atoms with Gasteiger partial charge < -0.3 is 9.47 Å². The van der Waals surface area contributed by atoms with E-state index in [2.05, 4.69) is 0 Å². The van der Waals surface area contributed by atoms with Crippen molar-refractivity contribution in [3.05, 3.63) is 53.0 Å². The van der Waals surface area contributed by atoms with Crippen molar-refractivity contribution in [3.63, 3.8) is 0 Å². The zero-order valence-electron chi connectivity index (χ0n) is 13.6. The highest BCUT2D eigenvalue weighted by Crippen LogP contribution is 2.47. The van der Waals surface area contributed by atoms with E-state index in [0.29, 0.717) is 11.3 Å². The quantitative estimate of drug-likeness (QED) is 0.793. The number of halogens is 1. The van der Waals surface area contributed by atoms with Crippen LogP contribution in [0.25, 0.3) is 11.3 Å². The molecule has 1 aromatic carbocycles. The van der Waals surface area contributed by atoms with Gasteiger partial charge in [0.2, 0.25) is 5.79 Å². The molecule has 1 spiro atoms. The lowest BCUT2D eigenvalue weighted by atomic mass is 10.0. The van der Waals surface area contributed by atoms with Crippen LogP contribution in [0.2, 0.25) is 0 Å². The van der Waals surface area contributed by atoms with Crippen molar-refractivity contribution >= 4 is 0 Å². The van der Waals surface area contributed by atoms with Gasteiger partial charge in [0.1, 0.15) is 11.5 Å². The Morgan fingerprint density at radius 1 is 1.17 bits per heavy atom. The first kappa shape index (κ1) is 14.8. The largest absolute Gasteiger partial charge is 0.339 e. The molecular formula is C19H20FNO2. The fourth-order valence-electron chi connectivity index (χ4n) is 3.59. The zero-order chi connectivity index (χ0) is 16.2. The molecule has 0 saturated carbocycles. The van der Waals surface area contributed by atoms with E-state index in [-0.39, 0.29) is 18.0 Å². The van der Waals surface area contributed by atoms with E-state index < -0.39 is 5.79 Å². The van der Waals surface area contributed by atoms with Gasteiger partial charge in [-0.2, -0.15) is 0 Å². The second kappa shape index (κ2) is 5.11. The van der Waals surface area contributed by atoms with Crippen LogP contribution in [-0.2, 0) is 21.7 Å². The molecule has 2 heterocycles. The Balaban J connectivity index is 1.86. The summed E-state index contributed by atoms with van der Waals surface area (Å²) in [5, 5.41) is 0. The maximum Gasteiger partial charge on any atom is 0.213 e. The first-order valence-electron chi connectivity index (χ1n) is 8.12. The van der Waals surface area contributed by atoms with Crippen LogP contribution in [0.4, 0.5) is 4.39 Å². The highest BCUT2D eigenvalue weighted by molar-refractivity contribution is 5.62. The highest BCUT2D eigenvalue weighted by atomic mass is 19.1. The minimum atomic E-state index is -0.764. The molecular weight excluding hydrogens is 293 g/mol. The number of ether oxygens (including phenoxy) is 2. The monoisotopic (exact) mass is 313 g/mol. The summed E-state index contributed by atoms with van der Waals surface area (Å²) in [5.41, 5.74) is 4.27. The minimum absolute atomic E-state index is 0.0279. The molecule has 0 bridgehead atoms. The van der Waals surface area contributed by atoms with E-state index in [1.807, 2.05) is 32.9 Å². The van der Waals surface area contributed by atoms with E-state index in [9.17, 15) is 4.39 Å². The molecule has 1 saturated heterocycles. The van der Waals surface area contributed by atoms with Crippen molar-refractivity contribution in [1.82, 2.24) is 4.98 Å². The zero-order valence-corrected chi connectivity index (χ0v) is 13.6. The second-order valence-electron chi connectivity index (χ2n) is 6.53. The van der Waals surface area contributed by atoms with Gasteiger partial charge >= 0.3 is 0 Å². The van der Waals surface area contributed by atoms with Crippen LogP contribution in [0.5, 0.6) is 0 Å². The summed E-state index contributed by atoms with van der Waals surface area (Å²) in [6, 6.07) is 8.69. The molecule has 4 heteroatoms. The minimum Gasteiger partial charge on any atom is -0.339 e. The number of benzene rings is 1. The van der Waals surface area contributed by atoms with Gasteiger partial charge in [-0.25, -0.2) is 9.37 Å². The maximum absolute atomic E-state index is 14.1. The highest BCUT2D eigenvalue weighted by Gasteiger charge is 2.51. The maximum atomic E-state index is 14.1. The fraction of sp³-hybridized carbons (Fsp3) is 0.421. The number of hydrogen-bond donors (Lipinski definition) is 0. The number of aromatic nitrogens is 1. The first-order chi connectivity index (χ1) is 11.0. The van der Waals surface area contributed by atoms with Gasteiger partial charge in [0, 0.05) is 12.0 Å². The summed E-state index contributed by atoms with van der Waals surface area (Å²) in [5.74, 6) is -1.03. The molecule has 0 N–H and O–H groups in total. The number of pyridine rings is 1. The Bertz CT molecular complexity index is 764. The van der Waals surface area contributed by atoms with Crippen molar-refractivity contribution in [3.8, 4) is 11.3 Å². The van der Waals surface area contributed by atoms with Crippen molar-refractivity contribution in [2.45, 2.75) is 51.6 Å². The normalized spacial score (nSPS) is 25.0. The van der Waals surface area contributed by atoms with E-state index in [4.69, 9.17) is 14.5 Å². The summed E-state index contributed by atoms with van der Waals surface area (Å²) >= 11 is 0. The van der Waals surface area contributed by atoms with Crippen LogP contribution < -0.4 is 0 Å². The summed E-state index contributed by atoms with van der Waals surface area (Å²) in [7, 11) is 0. The Kier molecular flexibility index (Phi) is 3.29. The molecule has 2 aliphatic rings. The molecule has 0 radical (unpaired) electrons. The van der Waals surface area contributed by atoms with Crippen LogP contribution in [0.1, 0.15) is 37.1 Å². The van der Waals surface area contributed by atoms with Crippen LogP contribution >= 0.6 is 0 Å². The lowest BCUT2D eigenvalue weighted by Crippen LogP contribution is -2.26. The fourth-order valence-corrected chi connectivity index (χ4v) is 3.59. The van der Waals surface area contributed by atoms with Crippen molar-refractivity contribution in [2.24, 2.45) is 0 Å². The lowest BCUT2D eigenvalue weighted by molar-refractivity contribution is -0.182. The smallest absolute Gasteiger partial charge is 0.213 e. The molecule has 1 fully saturated rings. The average molecular weight is 313 g/mol. The van der Waals surface area contributed by atoms with E-state index in [1.165, 1.54) is 11.6 Å². The van der Waals surface area contributed by atoms with Gasteiger partial charge in [-0.05, 0) is 56.5 Å². The summed E-state index contributed by atoms with van der Waals surface area (Å²) in [6.07, 6.45) is 1.71. The van der Waals surface area contributed by atoms with E-state index in [1.54, 1.807) is 12.1 Å². The summed E-state index contributed by atoms with van der Waals surface area (Å²) in [6.45, 7) is 6.08. The van der Waals surface area contributed by atoms with Gasteiger partial charge in [-0.1, -0.05) is 12.1 Å². The topological polar surface area (TPSA) is 31.4 Å². The predicted molar refractivity (Wildman–Crippen MR) is 85.5 cm³/mol. The Morgan fingerprint density at radius 3 is 2.57 bits per heavy atom. The summed E-state index contributed by atoms with van der Waals surface area (Å²) in [4.78, 5) is 4.76. The third-order valence-electron chi connectivity index (χ3n) is 4.98. The second-order valence-corrected chi connectivity index (χ2v) is 6.53. The Labute approximate surface area is 135 Å². The number of aryl methyl sites for hydroxylation is 1. The Hall–Kier alpha value is -1.78. The van der Waals surface area contributed by atoms with Gasteiger partial charge in [0.05, 0.1) is 17.9 Å². The van der Waals surface area contributed by atoms with Crippen molar-refractivity contribution in [1.29, 1.82) is 0 Å². The van der Waals surface area contributed by atoms with Crippen LogP contribution in [-0.4, -0.2) is 17.2 Å². The van der Waals surface area contributed by atoms with Gasteiger partial charge in [0.25, 0.3) is 0 Å². The number of rotatable bonds is 1. The summed E-state index contributed by atoms with van der Waals surface area (Å²) < 4.78 is 26.4. The molecule has 120 valence electrons. The lowest BCUT2D eigenvalue weighted by Gasteiger charge is -2.23. The predicted octanol–water partition coefficient (Wildman–Crippen LogP) is 4.12. The number of nitrogens with zero attached hydrogens (tertiary/aromatic N) is 1. The van der Waals surface area contributed by atoms with E-state index >= 15 is 0 Å². The SMILES string of the molecule is Cc1cc(-c2ccccc2F)nc2c1CCC21O[C@H](C)[C@@H](C)O1. The molecule has 0 amide bonds. The molecule has 0 unspecified atom stereocenters. The first-order valence-corrected chi connectivity index (χ1v) is 8.12. The van der Waals surface area contributed by atoms with Crippen LogP contribution in [0.15, 0.2) is 30.3 Å². The molecule has 3 nitrogen and oxygen atoms in total. The Morgan fingerprint density at radius 2 is 1.87 bits per heavy atom. The number of hydrogen-bond acceptors (Lipinski definition) is 3. The molecule has 23 heavy (non-hydrogen) atoms. The average Bonchev–Trinajstić information content (AvgIpc) is 3.01. The van der Waals surface area contributed by atoms with Crippen molar-refractivity contribution in [2.75, 3.05) is 0 Å². The number of fused-ring (bicyclic) bond motifs is 2. The van der Waals surface area contributed by atoms with Crippen molar-refractivity contribution < 1.29 is 13.9 Å². The van der Waals surface area contributed by atoms with Gasteiger partial charge in [-0.15, -0.1) is 0 Å². The van der Waals surface area contributed by atoms with Crippen LogP contribution in [0, 0.1) is 12.7 Å². The standard InChI is InChI=1S/C19H20FNO2/c1-11-10-17(15-6-4-5-7-16(15)20)21-18-14(11)8-9-19(18)22-12(2)13(3)23-19/h4-7,10,12-13H,8-9H2,1-3H3/t12-,13-/m1/s1. The van der Waals surface area contributed by atoms with Gasteiger partial charge in [0.15, 0.2) is 0 Å².